The van der Waals surface area contributed by atoms with Crippen LogP contribution in [-0.2, 0) is 10.0 Å². The van der Waals surface area contributed by atoms with Gasteiger partial charge in [-0.15, -0.1) is 0 Å². The molecule has 1 aromatic carbocycles. The van der Waals surface area contributed by atoms with Crippen molar-refractivity contribution in [1.29, 1.82) is 5.26 Å². The average molecular weight is 292 g/mol. The van der Waals surface area contributed by atoms with Crippen molar-refractivity contribution in [2.75, 3.05) is 0 Å². The minimum atomic E-state index is -3.63. The molecule has 1 aromatic rings. The first-order valence-electron chi connectivity index (χ1n) is 6.97. The lowest BCUT2D eigenvalue weighted by Crippen LogP contribution is -2.43. The number of nitriles is 1. The van der Waals surface area contributed by atoms with Gasteiger partial charge in [-0.3, -0.25) is 0 Å². The summed E-state index contributed by atoms with van der Waals surface area (Å²) in [7, 11) is -3.63. The van der Waals surface area contributed by atoms with Gasteiger partial charge in [0, 0.05) is 6.04 Å². The van der Waals surface area contributed by atoms with Crippen molar-refractivity contribution in [1.82, 2.24) is 4.72 Å². The molecule has 1 N–H and O–H groups in total. The lowest BCUT2D eigenvalue weighted by atomic mass is 9.78. The Morgan fingerprint density at radius 3 is 2.65 bits per heavy atom. The van der Waals surface area contributed by atoms with Crippen LogP contribution in [0.3, 0.4) is 0 Å². The van der Waals surface area contributed by atoms with E-state index in [4.69, 9.17) is 5.26 Å². The number of nitrogens with zero attached hydrogens (tertiary/aromatic N) is 1. The molecule has 1 aliphatic carbocycles. The van der Waals surface area contributed by atoms with E-state index in [9.17, 15) is 8.42 Å². The molecule has 1 saturated carbocycles. The van der Waals surface area contributed by atoms with Crippen molar-refractivity contribution >= 4 is 10.0 Å². The first-order chi connectivity index (χ1) is 9.45. The number of rotatable bonds is 3. The van der Waals surface area contributed by atoms with Crippen LogP contribution >= 0.6 is 0 Å². The second kappa shape index (κ2) is 5.94. The normalized spacial score (nSPS) is 26.9. The van der Waals surface area contributed by atoms with Gasteiger partial charge in [-0.25, -0.2) is 13.1 Å². The highest BCUT2D eigenvalue weighted by Crippen LogP contribution is 2.30. The zero-order valence-electron chi connectivity index (χ0n) is 11.8. The van der Waals surface area contributed by atoms with Crippen LogP contribution in [0.2, 0.25) is 0 Å². The molecule has 0 saturated heterocycles. The van der Waals surface area contributed by atoms with Crippen LogP contribution in [0.4, 0.5) is 0 Å². The topological polar surface area (TPSA) is 70.0 Å². The summed E-state index contributed by atoms with van der Waals surface area (Å²) in [6, 6.07) is 8.22. The monoisotopic (exact) mass is 292 g/mol. The minimum Gasteiger partial charge on any atom is -0.208 e. The van der Waals surface area contributed by atoms with Crippen LogP contribution in [0, 0.1) is 23.2 Å². The third kappa shape index (κ3) is 3.02. The molecule has 1 aliphatic rings. The molecule has 5 heteroatoms. The third-order valence-electron chi connectivity index (χ3n) is 4.31. The summed E-state index contributed by atoms with van der Waals surface area (Å²) in [5.41, 5.74) is 0.191. The smallest absolute Gasteiger partial charge is 0.208 e. The van der Waals surface area contributed by atoms with Crippen molar-refractivity contribution in [3.8, 4) is 6.07 Å². The van der Waals surface area contributed by atoms with Crippen LogP contribution in [-0.4, -0.2) is 14.5 Å². The van der Waals surface area contributed by atoms with E-state index in [1.807, 2.05) is 6.07 Å². The molecular weight excluding hydrogens is 272 g/mol. The molecule has 2 rings (SSSR count). The van der Waals surface area contributed by atoms with Crippen molar-refractivity contribution in [3.05, 3.63) is 29.8 Å². The van der Waals surface area contributed by atoms with Crippen molar-refractivity contribution in [2.24, 2.45) is 11.8 Å². The van der Waals surface area contributed by atoms with Gasteiger partial charge in [-0.2, -0.15) is 5.26 Å². The van der Waals surface area contributed by atoms with Crippen LogP contribution in [0.25, 0.3) is 0 Å². The fraction of sp³-hybridized carbons (Fsp3) is 0.533. The highest BCUT2D eigenvalue weighted by atomic mass is 32.2. The summed E-state index contributed by atoms with van der Waals surface area (Å²) in [6.45, 7) is 4.25. The Morgan fingerprint density at radius 1 is 1.25 bits per heavy atom. The average Bonchev–Trinajstić information content (AvgIpc) is 2.43. The van der Waals surface area contributed by atoms with E-state index in [1.54, 1.807) is 12.1 Å². The van der Waals surface area contributed by atoms with Crippen molar-refractivity contribution in [2.45, 2.75) is 44.0 Å². The van der Waals surface area contributed by atoms with E-state index in [2.05, 4.69) is 18.6 Å². The second-order valence-electron chi connectivity index (χ2n) is 5.60. The number of hydrogen-bond donors (Lipinski definition) is 1. The van der Waals surface area contributed by atoms with Crippen LogP contribution in [0.1, 0.15) is 38.7 Å². The van der Waals surface area contributed by atoms with Gasteiger partial charge in [0.2, 0.25) is 10.0 Å². The van der Waals surface area contributed by atoms with Crippen LogP contribution in [0.15, 0.2) is 29.2 Å². The fourth-order valence-electron chi connectivity index (χ4n) is 2.80. The van der Waals surface area contributed by atoms with Gasteiger partial charge in [0.1, 0.15) is 6.07 Å². The highest BCUT2D eigenvalue weighted by Gasteiger charge is 2.31. The Balaban J connectivity index is 2.26. The number of hydrogen-bond acceptors (Lipinski definition) is 3. The Morgan fingerprint density at radius 2 is 1.95 bits per heavy atom. The zero-order valence-corrected chi connectivity index (χ0v) is 12.7. The molecule has 1 fully saturated rings. The van der Waals surface area contributed by atoms with Gasteiger partial charge in [0.15, 0.2) is 0 Å². The summed E-state index contributed by atoms with van der Waals surface area (Å²) < 4.78 is 27.7. The molecule has 0 amide bonds. The maximum absolute atomic E-state index is 12.5. The third-order valence-corrected chi connectivity index (χ3v) is 5.86. The molecule has 0 bridgehead atoms. The maximum atomic E-state index is 12.5. The maximum Gasteiger partial charge on any atom is 0.242 e. The predicted molar refractivity (Wildman–Crippen MR) is 77.4 cm³/mol. The Hall–Kier alpha value is -1.38. The van der Waals surface area contributed by atoms with Gasteiger partial charge in [0.05, 0.1) is 10.5 Å². The van der Waals surface area contributed by atoms with Gasteiger partial charge in [-0.05, 0) is 30.4 Å². The van der Waals surface area contributed by atoms with E-state index >= 15 is 0 Å². The molecule has 0 heterocycles. The van der Waals surface area contributed by atoms with Crippen LogP contribution < -0.4 is 4.72 Å². The summed E-state index contributed by atoms with van der Waals surface area (Å²) in [5, 5.41) is 9.04. The molecule has 0 aliphatic heterocycles. The predicted octanol–water partition coefficient (Wildman–Crippen LogP) is 2.66. The Labute approximate surface area is 120 Å². The van der Waals surface area contributed by atoms with E-state index < -0.39 is 10.0 Å². The van der Waals surface area contributed by atoms with E-state index in [1.165, 1.54) is 12.1 Å². The first-order valence-corrected chi connectivity index (χ1v) is 8.45. The molecule has 0 spiro atoms. The van der Waals surface area contributed by atoms with Gasteiger partial charge in [0.25, 0.3) is 0 Å². The summed E-state index contributed by atoms with van der Waals surface area (Å²) >= 11 is 0. The highest BCUT2D eigenvalue weighted by molar-refractivity contribution is 7.89. The molecule has 3 atom stereocenters. The van der Waals surface area contributed by atoms with Gasteiger partial charge in [-0.1, -0.05) is 38.8 Å². The SMILES string of the molecule is C[C@@H]1[C@H](C)CCC[C@H]1NS(=O)(=O)c1ccccc1C#N. The summed E-state index contributed by atoms with van der Waals surface area (Å²) in [4.78, 5) is 0.0768. The molecule has 20 heavy (non-hydrogen) atoms. The zero-order chi connectivity index (χ0) is 14.8. The Kier molecular flexibility index (Phi) is 4.46. The number of benzene rings is 1. The summed E-state index contributed by atoms with van der Waals surface area (Å²) in [6.07, 6.45) is 3.05. The molecule has 0 aromatic heterocycles. The molecule has 0 radical (unpaired) electrons. The van der Waals surface area contributed by atoms with Gasteiger partial charge >= 0.3 is 0 Å². The molecule has 108 valence electrons. The largest absolute Gasteiger partial charge is 0.242 e. The number of nitrogens with one attached hydrogen (secondary N) is 1. The van der Waals surface area contributed by atoms with E-state index in [-0.39, 0.29) is 16.5 Å². The fourth-order valence-corrected chi connectivity index (χ4v) is 4.32. The van der Waals surface area contributed by atoms with Crippen molar-refractivity contribution in [3.63, 3.8) is 0 Å². The lowest BCUT2D eigenvalue weighted by molar-refractivity contribution is 0.227. The molecule has 0 unspecified atom stereocenters. The summed E-state index contributed by atoms with van der Waals surface area (Å²) in [5.74, 6) is 0.829. The standard InChI is InChI=1S/C15H20N2O2S/c1-11-6-5-8-14(12(11)2)17-20(18,19)15-9-4-3-7-13(15)10-16/h3-4,7,9,11-12,14,17H,5-6,8H2,1-2H3/t11-,12-,14-/m1/s1. The molecular formula is C15H20N2O2S. The molecule has 4 nitrogen and oxygen atoms in total. The second-order valence-corrected chi connectivity index (χ2v) is 7.29. The van der Waals surface area contributed by atoms with E-state index in [0.717, 1.165) is 19.3 Å². The lowest BCUT2D eigenvalue weighted by Gasteiger charge is -2.34. The van der Waals surface area contributed by atoms with E-state index in [0.29, 0.717) is 11.8 Å². The minimum absolute atomic E-state index is 0.0458. The van der Waals surface area contributed by atoms with Crippen LogP contribution in [0.5, 0.6) is 0 Å². The Bertz CT molecular complexity index is 619. The number of sulfonamides is 1. The van der Waals surface area contributed by atoms with Gasteiger partial charge < -0.3 is 0 Å². The quantitative estimate of drug-likeness (QED) is 0.931. The van der Waals surface area contributed by atoms with Crippen molar-refractivity contribution < 1.29 is 8.42 Å². The first kappa shape index (κ1) is 15.0.